The fourth-order valence-corrected chi connectivity index (χ4v) is 4.19. The molecule has 0 bridgehead atoms. The van der Waals surface area contributed by atoms with Gasteiger partial charge in [-0.2, -0.15) is 0 Å². The van der Waals surface area contributed by atoms with E-state index in [4.69, 9.17) is 0 Å². The molecule has 0 spiro atoms. The number of benzene rings is 4. The minimum absolute atomic E-state index is 0.181. The van der Waals surface area contributed by atoms with Gasteiger partial charge in [-0.05, 0) is 35.7 Å². The second-order valence-corrected chi connectivity index (χ2v) is 8.10. The molecular weight excluding hydrogens is 410 g/mol. The van der Waals surface area contributed by atoms with Gasteiger partial charge >= 0.3 is 5.97 Å². The largest absolute Gasteiger partial charge is 0.478 e. The molecule has 0 heterocycles. The van der Waals surface area contributed by atoms with E-state index in [2.05, 4.69) is 29.2 Å². The number of carboxylic acid groups (broad SMARTS) is 1. The molecule has 0 aliphatic rings. The highest BCUT2D eigenvalue weighted by Gasteiger charge is 2.22. The summed E-state index contributed by atoms with van der Waals surface area (Å²) in [7, 11) is 0. The van der Waals surface area contributed by atoms with Crippen LogP contribution in [0.5, 0.6) is 0 Å². The molecule has 1 atom stereocenters. The molecule has 0 saturated carbocycles. The van der Waals surface area contributed by atoms with Crippen molar-refractivity contribution in [1.82, 2.24) is 0 Å². The summed E-state index contributed by atoms with van der Waals surface area (Å²) in [4.78, 5) is 14.4. The van der Waals surface area contributed by atoms with Crippen LogP contribution in [-0.2, 0) is 13.1 Å². The van der Waals surface area contributed by atoms with Gasteiger partial charge in [0.25, 0.3) is 0 Å². The van der Waals surface area contributed by atoms with E-state index in [1.165, 1.54) is 0 Å². The van der Waals surface area contributed by atoms with Crippen molar-refractivity contribution in [3.8, 4) is 11.1 Å². The van der Waals surface area contributed by atoms with Crippen molar-refractivity contribution in [2.75, 3.05) is 4.90 Å². The lowest BCUT2D eigenvalue weighted by atomic mass is 9.90. The van der Waals surface area contributed by atoms with Gasteiger partial charge in [0, 0.05) is 29.9 Å². The summed E-state index contributed by atoms with van der Waals surface area (Å²) in [5.74, 6) is -1.01. The molecule has 4 aromatic carbocycles. The molecule has 0 aliphatic heterocycles. The van der Waals surface area contributed by atoms with Crippen LogP contribution in [0.1, 0.15) is 40.1 Å². The lowest BCUT2D eigenvalue weighted by Crippen LogP contribution is -2.23. The van der Waals surface area contributed by atoms with Crippen molar-refractivity contribution in [3.63, 3.8) is 0 Å². The number of aliphatic hydroxyl groups excluding tert-OH is 1. The van der Waals surface area contributed by atoms with Crippen LogP contribution in [0, 0.1) is 0 Å². The number of rotatable bonds is 8. The van der Waals surface area contributed by atoms with Crippen LogP contribution in [0.3, 0.4) is 0 Å². The number of hydrogen-bond donors (Lipinski definition) is 2. The number of carbonyl (C=O) groups is 1. The molecule has 4 aromatic rings. The van der Waals surface area contributed by atoms with E-state index < -0.39 is 12.1 Å². The number of para-hydroxylation sites is 1. The molecule has 33 heavy (non-hydrogen) atoms. The monoisotopic (exact) mass is 437 g/mol. The van der Waals surface area contributed by atoms with E-state index in [1.807, 2.05) is 60.7 Å². The van der Waals surface area contributed by atoms with Crippen molar-refractivity contribution in [2.45, 2.75) is 26.1 Å². The Morgan fingerprint density at radius 2 is 1.30 bits per heavy atom. The van der Waals surface area contributed by atoms with Gasteiger partial charge in [-0.1, -0.05) is 91.0 Å². The smallest absolute Gasteiger partial charge is 0.336 e. The van der Waals surface area contributed by atoms with E-state index in [-0.39, 0.29) is 5.56 Å². The summed E-state index contributed by atoms with van der Waals surface area (Å²) in [5.41, 5.74) is 5.36. The summed E-state index contributed by atoms with van der Waals surface area (Å²) < 4.78 is 0. The average molecular weight is 438 g/mol. The quantitative estimate of drug-likeness (QED) is 0.339. The molecule has 0 aliphatic carbocycles. The molecule has 4 rings (SSSR count). The van der Waals surface area contributed by atoms with Gasteiger partial charge in [0.1, 0.15) is 0 Å². The molecule has 2 N–H and O–H groups in total. The summed E-state index contributed by atoms with van der Waals surface area (Å²) in [6.07, 6.45) is -0.802. The standard InChI is InChI=1S/C29H27NO3/c1-21(31)24-16-10-17-26(29(32)33)28(24)25-15-8-9-18-27(25)30(19-22-11-4-2-5-12-22)20-23-13-6-3-7-14-23/h2-18,21,31H,19-20H2,1H3,(H,32,33). The minimum Gasteiger partial charge on any atom is -0.478 e. The lowest BCUT2D eigenvalue weighted by Gasteiger charge is -2.29. The van der Waals surface area contributed by atoms with Gasteiger partial charge in [0.15, 0.2) is 0 Å². The average Bonchev–Trinajstić information content (AvgIpc) is 2.84. The Balaban J connectivity index is 1.88. The van der Waals surface area contributed by atoms with Gasteiger partial charge in [-0.3, -0.25) is 0 Å². The third kappa shape index (κ3) is 5.13. The first-order valence-corrected chi connectivity index (χ1v) is 11.0. The third-order valence-corrected chi connectivity index (χ3v) is 5.72. The maximum absolute atomic E-state index is 12.1. The van der Waals surface area contributed by atoms with Crippen LogP contribution in [0.15, 0.2) is 103 Å². The van der Waals surface area contributed by atoms with Crippen molar-refractivity contribution >= 4 is 11.7 Å². The van der Waals surface area contributed by atoms with Gasteiger partial charge in [0.05, 0.1) is 11.7 Å². The SMILES string of the molecule is CC(O)c1cccc(C(=O)O)c1-c1ccccc1N(Cc1ccccc1)Cc1ccccc1. The Hall–Kier alpha value is -3.89. The summed E-state index contributed by atoms with van der Waals surface area (Å²) in [6, 6.07) is 33.3. The van der Waals surface area contributed by atoms with E-state index in [9.17, 15) is 15.0 Å². The number of carboxylic acids is 1. The first-order valence-electron chi connectivity index (χ1n) is 11.0. The van der Waals surface area contributed by atoms with Gasteiger partial charge in [-0.25, -0.2) is 4.79 Å². The lowest BCUT2D eigenvalue weighted by molar-refractivity contribution is 0.0697. The van der Waals surface area contributed by atoms with Crippen molar-refractivity contribution in [3.05, 3.63) is 125 Å². The van der Waals surface area contributed by atoms with Crippen LogP contribution in [-0.4, -0.2) is 16.2 Å². The Bertz CT molecular complexity index is 1180. The molecule has 0 saturated heterocycles. The Morgan fingerprint density at radius 1 is 0.758 bits per heavy atom. The van der Waals surface area contributed by atoms with Crippen LogP contribution in [0.4, 0.5) is 5.69 Å². The second-order valence-electron chi connectivity index (χ2n) is 8.10. The number of aliphatic hydroxyl groups is 1. The zero-order valence-electron chi connectivity index (χ0n) is 18.6. The van der Waals surface area contributed by atoms with Crippen LogP contribution < -0.4 is 4.90 Å². The zero-order chi connectivity index (χ0) is 23.2. The highest BCUT2D eigenvalue weighted by molar-refractivity contribution is 5.99. The van der Waals surface area contributed by atoms with E-state index >= 15 is 0 Å². The predicted octanol–water partition coefficient (Wildman–Crippen LogP) is 6.31. The normalized spacial score (nSPS) is 11.7. The predicted molar refractivity (Wildman–Crippen MR) is 132 cm³/mol. The molecule has 166 valence electrons. The van der Waals surface area contributed by atoms with E-state index in [0.29, 0.717) is 24.2 Å². The third-order valence-electron chi connectivity index (χ3n) is 5.72. The van der Waals surface area contributed by atoms with Crippen LogP contribution in [0.25, 0.3) is 11.1 Å². The van der Waals surface area contributed by atoms with Crippen molar-refractivity contribution in [1.29, 1.82) is 0 Å². The number of nitrogens with zero attached hydrogens (tertiary/aromatic N) is 1. The number of anilines is 1. The maximum atomic E-state index is 12.1. The Kier molecular flexibility index (Phi) is 6.86. The zero-order valence-corrected chi connectivity index (χ0v) is 18.6. The first-order chi connectivity index (χ1) is 16.0. The summed E-state index contributed by atoms with van der Waals surface area (Å²) in [6.45, 7) is 2.98. The Morgan fingerprint density at radius 3 is 1.85 bits per heavy atom. The van der Waals surface area contributed by atoms with Crippen molar-refractivity contribution in [2.24, 2.45) is 0 Å². The second kappa shape index (κ2) is 10.2. The highest BCUT2D eigenvalue weighted by atomic mass is 16.4. The molecule has 1 unspecified atom stereocenters. The van der Waals surface area contributed by atoms with E-state index in [1.54, 1.807) is 25.1 Å². The molecular formula is C29H27NO3. The highest BCUT2D eigenvalue weighted by Crippen LogP contribution is 2.39. The fourth-order valence-electron chi connectivity index (χ4n) is 4.19. The molecule has 0 radical (unpaired) electrons. The molecule has 4 nitrogen and oxygen atoms in total. The van der Waals surface area contributed by atoms with Gasteiger partial charge in [0.2, 0.25) is 0 Å². The first kappa shape index (κ1) is 22.3. The van der Waals surface area contributed by atoms with Gasteiger partial charge in [-0.15, -0.1) is 0 Å². The van der Waals surface area contributed by atoms with Gasteiger partial charge < -0.3 is 15.1 Å². The topological polar surface area (TPSA) is 60.8 Å². The molecule has 0 amide bonds. The number of hydrogen-bond acceptors (Lipinski definition) is 3. The molecule has 0 fully saturated rings. The maximum Gasteiger partial charge on any atom is 0.336 e. The van der Waals surface area contributed by atoms with Crippen LogP contribution >= 0.6 is 0 Å². The summed E-state index contributed by atoms with van der Waals surface area (Å²) in [5, 5.41) is 20.4. The number of aromatic carboxylic acids is 1. The van der Waals surface area contributed by atoms with E-state index in [0.717, 1.165) is 22.4 Å². The van der Waals surface area contributed by atoms with Crippen LogP contribution in [0.2, 0.25) is 0 Å². The fraction of sp³-hybridized carbons (Fsp3) is 0.138. The Labute approximate surface area is 194 Å². The minimum atomic E-state index is -1.01. The molecule has 0 aromatic heterocycles. The molecule has 4 heteroatoms. The summed E-state index contributed by atoms with van der Waals surface area (Å²) >= 11 is 0. The van der Waals surface area contributed by atoms with Crippen molar-refractivity contribution < 1.29 is 15.0 Å².